The van der Waals surface area contributed by atoms with Gasteiger partial charge >= 0.3 is 0 Å². The van der Waals surface area contributed by atoms with E-state index in [2.05, 4.69) is 39.8 Å². The topological polar surface area (TPSA) is 108 Å². The summed E-state index contributed by atoms with van der Waals surface area (Å²) in [5.41, 5.74) is 4.23. The highest BCUT2D eigenvalue weighted by atomic mass is 35.5. The number of nitrogens with zero attached hydrogens (tertiary/aromatic N) is 4. The van der Waals surface area contributed by atoms with Gasteiger partial charge in [0.15, 0.2) is 5.84 Å². The van der Waals surface area contributed by atoms with Crippen LogP contribution in [0.4, 0.5) is 17.1 Å². The number of carbonyl (C=O) groups excluding carboxylic acids is 2. The van der Waals surface area contributed by atoms with Crippen molar-refractivity contribution in [3.63, 3.8) is 0 Å². The number of methoxy groups -OCH3 is 1. The quantitative estimate of drug-likeness (QED) is 0.187. The number of nitrogens with one attached hydrogen (secondary N) is 2. The first kappa shape index (κ1) is 33.5. The number of hydrogen-bond acceptors (Lipinski definition) is 6. The number of unbranched alkanes of at least 4 members (excludes halogenated alkanes) is 1. The number of amides is 2. The maximum atomic E-state index is 13.7. The molecule has 0 spiro atoms. The van der Waals surface area contributed by atoms with E-state index in [9.17, 15) is 9.59 Å². The van der Waals surface area contributed by atoms with E-state index < -0.39 is 11.9 Å². The van der Waals surface area contributed by atoms with Crippen LogP contribution >= 0.6 is 46.4 Å². The van der Waals surface area contributed by atoms with Crippen LogP contribution in [-0.2, 0) is 4.79 Å². The molecule has 1 saturated heterocycles. The molecule has 1 aliphatic heterocycles. The molecule has 0 radical (unpaired) electrons. The normalized spacial score (nSPS) is 16.4. The smallest absolute Gasteiger partial charge is 0.280 e. The average molecular weight is 678 g/mol. The molecule has 0 aromatic heterocycles. The van der Waals surface area contributed by atoms with Crippen molar-refractivity contribution in [1.82, 2.24) is 10.7 Å². The minimum atomic E-state index is -1.21. The van der Waals surface area contributed by atoms with Crippen molar-refractivity contribution < 1.29 is 14.3 Å². The number of azo groups is 1. The Hall–Kier alpha value is -3.37. The molecule has 0 bridgehead atoms. The Morgan fingerprint density at radius 2 is 1.73 bits per heavy atom. The van der Waals surface area contributed by atoms with Gasteiger partial charge in [0.05, 0.1) is 33.6 Å². The molecule has 9 nitrogen and oxygen atoms in total. The molecule has 0 aliphatic carbocycles. The highest BCUT2D eigenvalue weighted by Crippen LogP contribution is 2.38. The first-order chi connectivity index (χ1) is 21.1. The zero-order valence-corrected chi connectivity index (χ0v) is 27.4. The summed E-state index contributed by atoms with van der Waals surface area (Å²) in [5.74, 6) is 0.349. The van der Waals surface area contributed by atoms with Crippen LogP contribution in [0.15, 0.2) is 69.8 Å². The molecule has 2 amide bonds. The third-order valence-electron chi connectivity index (χ3n) is 7.05. The van der Waals surface area contributed by atoms with E-state index in [4.69, 9.17) is 51.1 Å². The van der Waals surface area contributed by atoms with Crippen LogP contribution in [0.25, 0.3) is 0 Å². The van der Waals surface area contributed by atoms with Crippen LogP contribution in [0.3, 0.4) is 0 Å². The number of aliphatic imine (C=N–C) groups is 1. The van der Waals surface area contributed by atoms with Crippen molar-refractivity contribution in [3.05, 3.63) is 80.3 Å². The summed E-state index contributed by atoms with van der Waals surface area (Å²) >= 11 is 25.5. The van der Waals surface area contributed by atoms with E-state index in [0.29, 0.717) is 34.5 Å². The molecular formula is C31H32Cl4N6O3. The van der Waals surface area contributed by atoms with Gasteiger partial charge in [-0.25, -0.2) is 10.0 Å². The highest BCUT2D eigenvalue weighted by Gasteiger charge is 2.41. The molecule has 2 unspecified atom stereocenters. The van der Waals surface area contributed by atoms with E-state index in [1.54, 1.807) is 49.6 Å². The SMILES string of the molecule is CCCCC(CC)CNC(=O)c1ccc(Cl)c(N=C2NN(c3c(Cl)cc(Cl)cc3Cl)C(=O)C2N=Nc2ccc(OC)cc2)c1. The minimum Gasteiger partial charge on any atom is -0.497 e. The summed E-state index contributed by atoms with van der Waals surface area (Å²) < 4.78 is 5.19. The maximum Gasteiger partial charge on any atom is 0.280 e. The Morgan fingerprint density at radius 1 is 1.02 bits per heavy atom. The number of anilines is 1. The third kappa shape index (κ3) is 8.21. The Morgan fingerprint density at radius 3 is 2.36 bits per heavy atom. The lowest BCUT2D eigenvalue weighted by Crippen LogP contribution is -2.36. The molecule has 1 fully saturated rings. The van der Waals surface area contributed by atoms with E-state index >= 15 is 0 Å². The van der Waals surface area contributed by atoms with Crippen molar-refractivity contribution in [2.45, 2.75) is 45.6 Å². The third-order valence-corrected chi connectivity index (χ3v) is 8.16. The van der Waals surface area contributed by atoms with E-state index in [1.165, 1.54) is 12.1 Å². The molecule has 0 saturated carbocycles. The average Bonchev–Trinajstić information content (AvgIpc) is 3.30. The summed E-state index contributed by atoms with van der Waals surface area (Å²) in [7, 11) is 1.56. The second-order valence-electron chi connectivity index (χ2n) is 10.1. The molecule has 1 heterocycles. The number of benzene rings is 3. The molecule has 2 N–H and O–H groups in total. The van der Waals surface area contributed by atoms with Gasteiger partial charge in [-0.15, -0.1) is 0 Å². The fourth-order valence-electron chi connectivity index (χ4n) is 4.50. The minimum absolute atomic E-state index is 0.0967. The van der Waals surface area contributed by atoms with E-state index in [1.807, 2.05) is 0 Å². The van der Waals surface area contributed by atoms with Gasteiger partial charge in [-0.2, -0.15) is 10.2 Å². The Kier molecular flexibility index (Phi) is 11.9. The Balaban J connectivity index is 1.67. The van der Waals surface area contributed by atoms with Gasteiger partial charge in [-0.05, 0) is 66.9 Å². The molecule has 232 valence electrons. The van der Waals surface area contributed by atoms with Gasteiger partial charge in [0.2, 0.25) is 6.04 Å². The van der Waals surface area contributed by atoms with Gasteiger partial charge in [0.25, 0.3) is 11.8 Å². The number of hydrogen-bond donors (Lipinski definition) is 2. The molecular weight excluding hydrogens is 646 g/mol. The Bertz CT molecular complexity index is 1540. The molecule has 44 heavy (non-hydrogen) atoms. The second-order valence-corrected chi connectivity index (χ2v) is 11.8. The van der Waals surface area contributed by atoms with Crippen molar-refractivity contribution >= 4 is 81.1 Å². The predicted molar refractivity (Wildman–Crippen MR) is 178 cm³/mol. The van der Waals surface area contributed by atoms with Gasteiger partial charge in [-0.3, -0.25) is 15.0 Å². The van der Waals surface area contributed by atoms with Gasteiger partial charge in [-0.1, -0.05) is 79.5 Å². The summed E-state index contributed by atoms with van der Waals surface area (Å²) in [4.78, 5) is 31.4. The van der Waals surface area contributed by atoms with E-state index in [-0.39, 0.29) is 38.2 Å². The zero-order valence-electron chi connectivity index (χ0n) is 24.4. The number of amidine groups is 1. The summed E-state index contributed by atoms with van der Waals surface area (Å²) in [5, 5.41) is 13.5. The van der Waals surface area contributed by atoms with Crippen molar-refractivity contribution in [2.24, 2.45) is 21.1 Å². The van der Waals surface area contributed by atoms with Crippen LogP contribution < -0.4 is 20.5 Å². The molecule has 3 aromatic rings. The second kappa shape index (κ2) is 15.6. The lowest BCUT2D eigenvalue weighted by atomic mass is 9.99. The first-order valence-electron chi connectivity index (χ1n) is 14.1. The van der Waals surface area contributed by atoms with Crippen molar-refractivity contribution in [3.8, 4) is 5.75 Å². The molecule has 2 atom stereocenters. The van der Waals surface area contributed by atoms with Crippen LogP contribution in [0.1, 0.15) is 49.9 Å². The highest BCUT2D eigenvalue weighted by molar-refractivity contribution is 6.43. The molecule has 3 aromatic carbocycles. The van der Waals surface area contributed by atoms with Crippen LogP contribution in [-0.4, -0.2) is 37.3 Å². The van der Waals surface area contributed by atoms with Crippen molar-refractivity contribution in [2.75, 3.05) is 18.7 Å². The van der Waals surface area contributed by atoms with Gasteiger partial charge < -0.3 is 10.1 Å². The zero-order chi connectivity index (χ0) is 31.8. The van der Waals surface area contributed by atoms with Gasteiger partial charge in [0, 0.05) is 17.1 Å². The number of ether oxygens (including phenoxy) is 1. The lowest BCUT2D eigenvalue weighted by Gasteiger charge is -2.19. The lowest BCUT2D eigenvalue weighted by molar-refractivity contribution is -0.117. The van der Waals surface area contributed by atoms with Crippen LogP contribution in [0, 0.1) is 5.92 Å². The molecule has 13 heteroatoms. The van der Waals surface area contributed by atoms with Crippen molar-refractivity contribution in [1.29, 1.82) is 0 Å². The fraction of sp³-hybridized carbons (Fsp3) is 0.323. The summed E-state index contributed by atoms with van der Waals surface area (Å²) in [6.07, 6.45) is 4.25. The monoisotopic (exact) mass is 676 g/mol. The first-order valence-corrected chi connectivity index (χ1v) is 15.6. The molecule has 4 rings (SSSR count). The standard InChI is InChI=1S/C31H32Cl4N6O3/c1-4-6-7-18(5-2)17-36-30(42)19-8-13-23(33)26(14-19)37-29-27(39-38-21-9-11-22(44-3)12-10-21)31(43)41(40-29)28-24(34)15-20(32)16-25(28)35/h8-16,18,27H,4-7,17H2,1-3H3,(H,36,42)(H,37,40). The largest absolute Gasteiger partial charge is 0.497 e. The van der Waals surface area contributed by atoms with Crippen LogP contribution in [0.2, 0.25) is 20.1 Å². The maximum absolute atomic E-state index is 13.7. The van der Waals surface area contributed by atoms with Crippen LogP contribution in [0.5, 0.6) is 5.75 Å². The number of halogens is 4. The predicted octanol–water partition coefficient (Wildman–Crippen LogP) is 8.99. The molecule has 1 aliphatic rings. The summed E-state index contributed by atoms with van der Waals surface area (Å²) in [6.45, 7) is 4.84. The fourth-order valence-corrected chi connectivity index (χ4v) is 5.65. The number of carbonyl (C=O) groups is 2. The summed E-state index contributed by atoms with van der Waals surface area (Å²) in [6, 6.07) is 13.3. The number of rotatable bonds is 12. The number of hydrazine groups is 1. The van der Waals surface area contributed by atoms with Gasteiger partial charge in [0.1, 0.15) is 11.4 Å². The Labute approximate surface area is 276 Å². The van der Waals surface area contributed by atoms with E-state index in [0.717, 1.165) is 30.7 Å².